The lowest BCUT2D eigenvalue weighted by molar-refractivity contribution is -0.384. The molecule has 1 aromatic rings. The molecule has 0 saturated carbocycles. The summed E-state index contributed by atoms with van der Waals surface area (Å²) in [5.41, 5.74) is 2.83. The van der Waals surface area contributed by atoms with Crippen LogP contribution in [0.15, 0.2) is 12.1 Å². The van der Waals surface area contributed by atoms with E-state index < -0.39 is 46.5 Å². The molecule has 0 saturated heterocycles. The summed E-state index contributed by atoms with van der Waals surface area (Å²) in [5.74, 6) is -3.92. The van der Waals surface area contributed by atoms with E-state index in [2.05, 4.69) is 5.32 Å². The van der Waals surface area contributed by atoms with Gasteiger partial charge in [0, 0.05) is 12.1 Å². The predicted molar refractivity (Wildman–Crippen MR) is 63.7 cm³/mol. The van der Waals surface area contributed by atoms with Crippen LogP contribution in [0.4, 0.5) is 15.8 Å². The number of amides is 1. The van der Waals surface area contributed by atoms with Gasteiger partial charge in [-0.2, -0.15) is 0 Å². The summed E-state index contributed by atoms with van der Waals surface area (Å²) in [6.45, 7) is -0.484. The smallest absolute Gasteiger partial charge is 0.338 e. The number of aliphatic hydroxyl groups excluding tert-OH is 1. The summed E-state index contributed by atoms with van der Waals surface area (Å²) in [7, 11) is 0. The molecule has 108 valence electrons. The second-order valence-corrected chi connectivity index (χ2v) is 3.71. The van der Waals surface area contributed by atoms with Gasteiger partial charge in [-0.3, -0.25) is 14.9 Å². The number of aromatic carboxylic acids is 1. The summed E-state index contributed by atoms with van der Waals surface area (Å²) in [5, 5.41) is 30.8. The number of benzene rings is 1. The van der Waals surface area contributed by atoms with Crippen molar-refractivity contribution in [3.8, 4) is 0 Å². The number of carbonyl (C=O) groups is 2. The molecule has 0 heterocycles. The van der Waals surface area contributed by atoms with E-state index in [4.69, 9.17) is 15.9 Å². The normalized spacial score (nSPS) is 11.7. The summed E-state index contributed by atoms with van der Waals surface area (Å²) >= 11 is 0. The van der Waals surface area contributed by atoms with E-state index in [0.29, 0.717) is 12.1 Å². The Morgan fingerprint density at radius 1 is 1.50 bits per heavy atom. The number of nitrogens with zero attached hydrogens (tertiary/aromatic N) is 1. The van der Waals surface area contributed by atoms with Crippen molar-refractivity contribution in [3.63, 3.8) is 0 Å². The number of nitro benzene ring substituents is 1. The van der Waals surface area contributed by atoms with Gasteiger partial charge in [-0.05, 0) is 0 Å². The molecule has 0 aromatic heterocycles. The van der Waals surface area contributed by atoms with Crippen molar-refractivity contribution >= 4 is 23.3 Å². The van der Waals surface area contributed by atoms with E-state index in [9.17, 15) is 24.1 Å². The Bertz CT molecular complexity index is 576. The Hall–Kier alpha value is -2.75. The SMILES string of the molecule is NC(=O)C(O)CNc1cc(F)c(C(=O)O)cc1[N+](=O)[O-]. The summed E-state index contributed by atoms with van der Waals surface area (Å²) in [4.78, 5) is 31.1. The minimum absolute atomic E-state index is 0.377. The molecule has 1 amide bonds. The number of carboxylic acids is 1. The molecule has 1 aromatic carbocycles. The van der Waals surface area contributed by atoms with Crippen molar-refractivity contribution in [1.29, 1.82) is 0 Å². The fourth-order valence-corrected chi connectivity index (χ4v) is 1.33. The Balaban J connectivity index is 3.12. The van der Waals surface area contributed by atoms with Crippen molar-refractivity contribution in [2.45, 2.75) is 6.10 Å². The van der Waals surface area contributed by atoms with Crippen molar-refractivity contribution in [3.05, 3.63) is 33.6 Å². The molecule has 0 aliphatic carbocycles. The Kier molecular flexibility index (Phi) is 4.54. The zero-order valence-electron chi connectivity index (χ0n) is 9.87. The number of carbonyl (C=O) groups excluding carboxylic acids is 1. The fourth-order valence-electron chi connectivity index (χ4n) is 1.33. The minimum Gasteiger partial charge on any atom is -0.478 e. The average molecular weight is 287 g/mol. The summed E-state index contributed by atoms with van der Waals surface area (Å²) in [6.07, 6.45) is -1.63. The van der Waals surface area contributed by atoms with Crippen LogP contribution < -0.4 is 11.1 Å². The molecule has 5 N–H and O–H groups in total. The summed E-state index contributed by atoms with van der Waals surface area (Å²) < 4.78 is 13.4. The number of carboxylic acid groups (broad SMARTS) is 1. The molecule has 0 radical (unpaired) electrons. The van der Waals surface area contributed by atoms with E-state index in [1.165, 1.54) is 0 Å². The molecule has 10 heteroatoms. The standard InChI is InChI=1S/C10H10FN3O6/c11-5-2-6(13-3-8(15)9(12)16)7(14(19)20)1-4(5)10(17)18/h1-2,8,13,15H,3H2,(H2,12,16)(H,17,18). The average Bonchev–Trinajstić information content (AvgIpc) is 2.34. The van der Waals surface area contributed by atoms with Gasteiger partial charge in [-0.25, -0.2) is 9.18 Å². The lowest BCUT2D eigenvalue weighted by atomic mass is 10.1. The number of nitro groups is 1. The first-order valence-corrected chi connectivity index (χ1v) is 5.16. The van der Waals surface area contributed by atoms with Crippen molar-refractivity contribution in [2.24, 2.45) is 5.73 Å². The molecular weight excluding hydrogens is 277 g/mol. The maximum atomic E-state index is 13.4. The second kappa shape index (κ2) is 5.93. The summed E-state index contributed by atoms with van der Waals surface area (Å²) in [6, 6.07) is 1.13. The number of primary amides is 1. The molecule has 0 aliphatic heterocycles. The van der Waals surface area contributed by atoms with Gasteiger partial charge in [0.25, 0.3) is 5.69 Å². The van der Waals surface area contributed by atoms with Gasteiger partial charge >= 0.3 is 5.97 Å². The van der Waals surface area contributed by atoms with Gasteiger partial charge in [0.2, 0.25) is 5.91 Å². The minimum atomic E-state index is -1.66. The number of nitrogens with one attached hydrogen (secondary N) is 1. The zero-order chi connectivity index (χ0) is 15.4. The lowest BCUT2D eigenvalue weighted by Gasteiger charge is -2.10. The van der Waals surface area contributed by atoms with Crippen LogP contribution in [-0.2, 0) is 4.79 Å². The van der Waals surface area contributed by atoms with Crippen LogP contribution in [0.5, 0.6) is 0 Å². The molecule has 0 aliphatic rings. The van der Waals surface area contributed by atoms with Crippen molar-refractivity contribution in [1.82, 2.24) is 0 Å². The Labute approximate surface area is 111 Å². The van der Waals surface area contributed by atoms with Crippen LogP contribution in [0.25, 0.3) is 0 Å². The molecule has 1 rings (SSSR count). The number of aliphatic hydroxyl groups is 1. The van der Waals surface area contributed by atoms with E-state index in [-0.39, 0.29) is 5.69 Å². The molecule has 0 bridgehead atoms. The second-order valence-electron chi connectivity index (χ2n) is 3.71. The zero-order valence-corrected chi connectivity index (χ0v) is 9.87. The maximum Gasteiger partial charge on any atom is 0.338 e. The third kappa shape index (κ3) is 3.38. The van der Waals surface area contributed by atoms with Crippen LogP contribution >= 0.6 is 0 Å². The van der Waals surface area contributed by atoms with Crippen LogP contribution in [0.2, 0.25) is 0 Å². The highest BCUT2D eigenvalue weighted by molar-refractivity contribution is 5.90. The predicted octanol–water partition coefficient (Wildman–Crippen LogP) is -0.310. The number of halogens is 1. The number of hydrogen-bond acceptors (Lipinski definition) is 6. The number of rotatable bonds is 6. The van der Waals surface area contributed by atoms with Crippen LogP contribution in [0.1, 0.15) is 10.4 Å². The molecule has 0 spiro atoms. The molecule has 1 unspecified atom stereocenters. The number of hydrogen-bond donors (Lipinski definition) is 4. The van der Waals surface area contributed by atoms with Gasteiger partial charge in [0.1, 0.15) is 23.2 Å². The van der Waals surface area contributed by atoms with Gasteiger partial charge in [0.15, 0.2) is 0 Å². The molecule has 1 atom stereocenters. The van der Waals surface area contributed by atoms with Gasteiger partial charge < -0.3 is 21.3 Å². The van der Waals surface area contributed by atoms with E-state index >= 15 is 0 Å². The Morgan fingerprint density at radius 2 is 2.10 bits per heavy atom. The number of nitrogens with two attached hydrogens (primary N) is 1. The van der Waals surface area contributed by atoms with Crippen molar-refractivity contribution in [2.75, 3.05) is 11.9 Å². The Morgan fingerprint density at radius 3 is 2.55 bits per heavy atom. The van der Waals surface area contributed by atoms with E-state index in [0.717, 1.165) is 0 Å². The lowest BCUT2D eigenvalue weighted by Crippen LogP contribution is -2.34. The highest BCUT2D eigenvalue weighted by Gasteiger charge is 2.22. The molecule has 9 nitrogen and oxygen atoms in total. The monoisotopic (exact) mass is 287 g/mol. The molecular formula is C10H10FN3O6. The van der Waals surface area contributed by atoms with Crippen LogP contribution in [-0.4, -0.2) is 39.7 Å². The topological polar surface area (TPSA) is 156 Å². The van der Waals surface area contributed by atoms with E-state index in [1.54, 1.807) is 0 Å². The highest BCUT2D eigenvalue weighted by atomic mass is 19.1. The maximum absolute atomic E-state index is 13.4. The molecule has 20 heavy (non-hydrogen) atoms. The fraction of sp³-hybridized carbons (Fsp3) is 0.200. The first kappa shape index (κ1) is 15.3. The van der Waals surface area contributed by atoms with Crippen LogP contribution in [0, 0.1) is 15.9 Å². The third-order valence-electron chi connectivity index (χ3n) is 2.33. The van der Waals surface area contributed by atoms with Gasteiger partial charge in [0.05, 0.1) is 11.5 Å². The molecule has 0 fully saturated rings. The number of anilines is 1. The third-order valence-corrected chi connectivity index (χ3v) is 2.33. The van der Waals surface area contributed by atoms with E-state index in [1.807, 2.05) is 0 Å². The first-order chi connectivity index (χ1) is 9.23. The highest BCUT2D eigenvalue weighted by Crippen LogP contribution is 2.27. The largest absolute Gasteiger partial charge is 0.478 e. The van der Waals surface area contributed by atoms with Gasteiger partial charge in [-0.1, -0.05) is 0 Å². The van der Waals surface area contributed by atoms with Crippen LogP contribution in [0.3, 0.4) is 0 Å². The van der Waals surface area contributed by atoms with Crippen molar-refractivity contribution < 1.29 is 29.1 Å². The van der Waals surface area contributed by atoms with Gasteiger partial charge in [-0.15, -0.1) is 0 Å². The first-order valence-electron chi connectivity index (χ1n) is 5.16. The quantitative estimate of drug-likeness (QED) is 0.413.